The van der Waals surface area contributed by atoms with Crippen molar-refractivity contribution in [2.24, 2.45) is 34.5 Å². The fraction of sp³-hybridized carbons (Fsp3) is 0.605. The molecule has 0 radical (unpaired) electrons. The standard InChI is InChI=1S/C38H50O7/c1-9-27-13-10-11-14-29(27)23(3)21-31-33-30(15-12-18-42-31)37(7)17-16-28-19-22(2)20-32(43-24(4)39)38(28,8)36(37)35(45-26(6)41)34(33)44-25(5)40/h10-15,20,28,30-36H,3,9,16-19,21H2,1-2,4-8H3. The molecule has 2 fully saturated rings. The van der Waals surface area contributed by atoms with Crippen molar-refractivity contribution in [2.75, 3.05) is 6.61 Å². The molecule has 0 aromatic heterocycles. The second kappa shape index (κ2) is 12.9. The summed E-state index contributed by atoms with van der Waals surface area (Å²) in [4.78, 5) is 38.3. The Kier molecular flexibility index (Phi) is 9.51. The van der Waals surface area contributed by atoms with E-state index in [0.29, 0.717) is 13.0 Å². The topological polar surface area (TPSA) is 88.1 Å². The van der Waals surface area contributed by atoms with Crippen molar-refractivity contribution in [3.8, 4) is 0 Å². The molecule has 7 nitrogen and oxygen atoms in total. The van der Waals surface area contributed by atoms with Gasteiger partial charge in [0.05, 0.1) is 12.7 Å². The highest BCUT2D eigenvalue weighted by Gasteiger charge is 2.70. The van der Waals surface area contributed by atoms with Crippen molar-refractivity contribution in [2.45, 2.75) is 105 Å². The summed E-state index contributed by atoms with van der Waals surface area (Å²) < 4.78 is 25.3. The highest BCUT2D eigenvalue weighted by atomic mass is 16.6. The minimum Gasteiger partial charge on any atom is -0.458 e. The molecule has 0 amide bonds. The first kappa shape index (κ1) is 33.2. The van der Waals surface area contributed by atoms with Gasteiger partial charge < -0.3 is 18.9 Å². The lowest BCUT2D eigenvalue weighted by Gasteiger charge is -2.67. The van der Waals surface area contributed by atoms with Crippen molar-refractivity contribution in [3.05, 3.63) is 65.8 Å². The zero-order chi connectivity index (χ0) is 32.7. The predicted octanol–water partition coefficient (Wildman–Crippen LogP) is 7.04. The zero-order valence-corrected chi connectivity index (χ0v) is 28.0. The smallest absolute Gasteiger partial charge is 0.303 e. The number of carbonyl (C=O) groups excluding carboxylic acids is 3. The van der Waals surface area contributed by atoms with Gasteiger partial charge in [-0.05, 0) is 79.1 Å². The van der Waals surface area contributed by atoms with E-state index < -0.39 is 35.7 Å². The number of allylic oxidation sites excluding steroid dienone is 2. The summed E-state index contributed by atoms with van der Waals surface area (Å²) in [5.41, 5.74) is 3.54. The van der Waals surface area contributed by atoms with Gasteiger partial charge in [0.1, 0.15) is 18.3 Å². The Morgan fingerprint density at radius 1 is 1.00 bits per heavy atom. The summed E-state index contributed by atoms with van der Waals surface area (Å²) in [6.07, 6.45) is 8.17. The van der Waals surface area contributed by atoms with E-state index in [1.54, 1.807) is 0 Å². The Labute approximate surface area is 268 Å². The molecular weight excluding hydrogens is 568 g/mol. The maximum Gasteiger partial charge on any atom is 0.303 e. The van der Waals surface area contributed by atoms with E-state index in [-0.39, 0.29) is 41.2 Å². The molecule has 1 heterocycles. The maximum absolute atomic E-state index is 12.9. The van der Waals surface area contributed by atoms with Crippen LogP contribution in [-0.4, -0.2) is 48.9 Å². The van der Waals surface area contributed by atoms with Crippen molar-refractivity contribution in [1.29, 1.82) is 0 Å². The summed E-state index contributed by atoms with van der Waals surface area (Å²) in [7, 11) is 0. The van der Waals surface area contributed by atoms with Gasteiger partial charge in [0.15, 0.2) is 0 Å². The molecule has 10 atom stereocenters. The van der Waals surface area contributed by atoms with Crippen LogP contribution in [0.25, 0.3) is 5.57 Å². The first-order chi connectivity index (χ1) is 21.3. The van der Waals surface area contributed by atoms with Crippen LogP contribution in [0.15, 0.2) is 54.6 Å². The van der Waals surface area contributed by atoms with Gasteiger partial charge in [0.25, 0.3) is 0 Å². The van der Waals surface area contributed by atoms with Crippen LogP contribution in [0.4, 0.5) is 0 Å². The number of aryl methyl sites for hydroxylation is 1. The second-order valence-electron chi connectivity index (χ2n) is 14.2. The monoisotopic (exact) mass is 618 g/mol. The first-order valence-corrected chi connectivity index (χ1v) is 16.5. The third-order valence-electron chi connectivity index (χ3n) is 11.4. The van der Waals surface area contributed by atoms with Crippen LogP contribution in [0.1, 0.15) is 85.3 Å². The van der Waals surface area contributed by atoms with Crippen LogP contribution >= 0.6 is 0 Å². The van der Waals surface area contributed by atoms with E-state index in [9.17, 15) is 14.4 Å². The number of fused-ring (bicyclic) bond motifs is 5. The highest BCUT2D eigenvalue weighted by Crippen LogP contribution is 2.68. The molecule has 1 aromatic carbocycles. The Hall–Kier alpha value is -3.19. The molecule has 244 valence electrons. The normalized spacial score (nSPS) is 37.1. The van der Waals surface area contributed by atoms with Crippen molar-refractivity contribution in [3.63, 3.8) is 0 Å². The molecule has 10 unspecified atom stereocenters. The summed E-state index contributed by atoms with van der Waals surface area (Å²) in [5.74, 6) is -1.63. The largest absolute Gasteiger partial charge is 0.458 e. The van der Waals surface area contributed by atoms with Crippen LogP contribution < -0.4 is 0 Å². The van der Waals surface area contributed by atoms with E-state index in [4.69, 9.17) is 18.9 Å². The third-order valence-corrected chi connectivity index (χ3v) is 11.4. The van der Waals surface area contributed by atoms with Crippen LogP contribution in [0.2, 0.25) is 0 Å². The maximum atomic E-state index is 12.9. The van der Waals surface area contributed by atoms with Crippen LogP contribution in [0.5, 0.6) is 0 Å². The lowest BCUT2D eigenvalue weighted by atomic mass is 9.39. The summed E-state index contributed by atoms with van der Waals surface area (Å²) in [6, 6.07) is 8.30. The summed E-state index contributed by atoms with van der Waals surface area (Å²) in [6.45, 7) is 17.9. The van der Waals surface area contributed by atoms with Gasteiger partial charge in [0, 0.05) is 38.0 Å². The molecule has 7 heteroatoms. The van der Waals surface area contributed by atoms with Gasteiger partial charge in [-0.2, -0.15) is 0 Å². The van der Waals surface area contributed by atoms with E-state index in [1.165, 1.54) is 31.9 Å². The molecular formula is C38H50O7. The quantitative estimate of drug-likeness (QED) is 0.184. The van der Waals surface area contributed by atoms with E-state index in [0.717, 1.165) is 36.8 Å². The molecule has 1 aliphatic heterocycles. The minimum atomic E-state index is -0.767. The molecule has 45 heavy (non-hydrogen) atoms. The second-order valence-corrected chi connectivity index (χ2v) is 14.2. The number of esters is 3. The lowest BCUT2D eigenvalue weighted by Crippen LogP contribution is -2.70. The highest BCUT2D eigenvalue weighted by molar-refractivity contribution is 5.69. The van der Waals surface area contributed by atoms with E-state index in [2.05, 4.69) is 64.6 Å². The Balaban J connectivity index is 1.66. The molecule has 0 saturated heterocycles. The lowest BCUT2D eigenvalue weighted by molar-refractivity contribution is -0.261. The molecule has 1 aromatic rings. The van der Waals surface area contributed by atoms with Crippen molar-refractivity contribution < 1.29 is 33.3 Å². The van der Waals surface area contributed by atoms with Gasteiger partial charge in [-0.3, -0.25) is 14.4 Å². The van der Waals surface area contributed by atoms with Gasteiger partial charge in [0.2, 0.25) is 0 Å². The molecule has 0 spiro atoms. The predicted molar refractivity (Wildman–Crippen MR) is 173 cm³/mol. The Morgan fingerprint density at radius 3 is 2.33 bits per heavy atom. The fourth-order valence-electron chi connectivity index (χ4n) is 9.71. The van der Waals surface area contributed by atoms with Crippen LogP contribution in [-0.2, 0) is 39.8 Å². The fourth-order valence-corrected chi connectivity index (χ4v) is 9.71. The van der Waals surface area contributed by atoms with E-state index in [1.807, 2.05) is 12.1 Å². The minimum absolute atomic E-state index is 0.0527. The third kappa shape index (κ3) is 6.05. The molecule has 5 rings (SSSR count). The molecule has 4 aliphatic rings. The summed E-state index contributed by atoms with van der Waals surface area (Å²) in [5, 5.41) is 0. The van der Waals surface area contributed by atoms with Gasteiger partial charge in [-0.1, -0.05) is 69.3 Å². The zero-order valence-electron chi connectivity index (χ0n) is 28.0. The molecule has 0 bridgehead atoms. The van der Waals surface area contributed by atoms with E-state index >= 15 is 0 Å². The SMILES string of the molecule is C=C(CC1OCC=CC2C1C(OC(C)=O)C(OC(C)=O)C1C2(C)CCC2CC(C)=CC(OC(C)=O)C21C)c1ccccc1CC. The molecule has 0 N–H and O–H groups in total. The Morgan fingerprint density at radius 2 is 1.67 bits per heavy atom. The number of rotatable bonds is 7. The van der Waals surface area contributed by atoms with Gasteiger partial charge in [-0.15, -0.1) is 0 Å². The Bertz CT molecular complexity index is 1390. The summed E-state index contributed by atoms with van der Waals surface area (Å²) >= 11 is 0. The van der Waals surface area contributed by atoms with Gasteiger partial charge >= 0.3 is 17.9 Å². The van der Waals surface area contributed by atoms with Crippen LogP contribution in [0, 0.1) is 34.5 Å². The number of ether oxygens (including phenoxy) is 4. The average Bonchev–Trinajstić information content (AvgIpc) is 3.18. The number of hydrogen-bond donors (Lipinski definition) is 0. The van der Waals surface area contributed by atoms with Crippen LogP contribution in [0.3, 0.4) is 0 Å². The number of benzene rings is 1. The number of hydrogen-bond acceptors (Lipinski definition) is 7. The molecule has 2 saturated carbocycles. The molecule has 3 aliphatic carbocycles. The average molecular weight is 619 g/mol. The van der Waals surface area contributed by atoms with Crippen molar-refractivity contribution in [1.82, 2.24) is 0 Å². The first-order valence-electron chi connectivity index (χ1n) is 16.5. The van der Waals surface area contributed by atoms with Gasteiger partial charge in [-0.25, -0.2) is 0 Å². The van der Waals surface area contributed by atoms with Crippen molar-refractivity contribution >= 4 is 23.5 Å². The number of carbonyl (C=O) groups is 3.